The van der Waals surface area contributed by atoms with Crippen LogP contribution in [0.4, 0.5) is 0 Å². The van der Waals surface area contributed by atoms with E-state index < -0.39 is 23.3 Å². The molecule has 6 heteroatoms. The Bertz CT molecular complexity index is 393. The lowest BCUT2D eigenvalue weighted by Crippen LogP contribution is -2.52. The van der Waals surface area contributed by atoms with E-state index in [1.54, 1.807) is 25.7 Å². The lowest BCUT2D eigenvalue weighted by molar-refractivity contribution is -0.158. The first-order valence-corrected chi connectivity index (χ1v) is 7.04. The Balaban J connectivity index is 2.72. The Labute approximate surface area is 119 Å². The van der Waals surface area contributed by atoms with Gasteiger partial charge < -0.3 is 10.5 Å². The van der Waals surface area contributed by atoms with Crippen LogP contribution >= 0.6 is 0 Å². The lowest BCUT2D eigenvalue weighted by Gasteiger charge is -2.34. The van der Waals surface area contributed by atoms with Crippen LogP contribution in [-0.2, 0) is 19.1 Å². The van der Waals surface area contributed by atoms with E-state index in [9.17, 15) is 14.4 Å². The summed E-state index contributed by atoms with van der Waals surface area (Å²) in [5, 5.41) is 0. The van der Waals surface area contributed by atoms with Gasteiger partial charge in [0.05, 0.1) is 19.2 Å². The van der Waals surface area contributed by atoms with Crippen LogP contribution in [0.2, 0.25) is 0 Å². The highest BCUT2D eigenvalue weighted by Gasteiger charge is 2.39. The molecule has 0 aromatic heterocycles. The minimum Gasteiger partial charge on any atom is -0.465 e. The zero-order valence-corrected chi connectivity index (χ0v) is 12.5. The Hall–Kier alpha value is -1.43. The van der Waals surface area contributed by atoms with Gasteiger partial charge >= 0.3 is 5.97 Å². The first kappa shape index (κ1) is 16.6. The molecule has 0 aromatic rings. The number of carbonyl (C=O) groups is 3. The number of carbonyl (C=O) groups excluding carboxylic acids is 3. The quantitative estimate of drug-likeness (QED) is 0.566. The summed E-state index contributed by atoms with van der Waals surface area (Å²) in [4.78, 5) is 37.3. The molecule has 0 bridgehead atoms. The fraction of sp³-hybridized carbons (Fsp3) is 0.786. The maximum absolute atomic E-state index is 12.3. The number of hydrogen-bond donors (Lipinski definition) is 1. The number of likely N-dealkylation sites (tertiary alicyclic amines) is 1. The second kappa shape index (κ2) is 6.83. The number of ether oxygens (including phenoxy) is 1. The molecule has 1 aliphatic rings. The molecule has 0 aromatic carbocycles. The van der Waals surface area contributed by atoms with E-state index in [-0.39, 0.29) is 18.9 Å². The highest BCUT2D eigenvalue weighted by molar-refractivity contribution is 6.04. The van der Waals surface area contributed by atoms with E-state index in [1.807, 2.05) is 0 Å². The van der Waals surface area contributed by atoms with Gasteiger partial charge in [0, 0.05) is 0 Å². The minimum atomic E-state index is -1.20. The Morgan fingerprint density at radius 2 is 1.95 bits per heavy atom. The molecule has 0 spiro atoms. The Kier molecular flexibility index (Phi) is 5.68. The van der Waals surface area contributed by atoms with E-state index >= 15 is 0 Å². The van der Waals surface area contributed by atoms with Crippen LogP contribution in [0.15, 0.2) is 0 Å². The van der Waals surface area contributed by atoms with Crippen molar-refractivity contribution < 1.29 is 19.1 Å². The van der Waals surface area contributed by atoms with Crippen molar-refractivity contribution >= 4 is 17.7 Å². The molecule has 20 heavy (non-hydrogen) atoms. The summed E-state index contributed by atoms with van der Waals surface area (Å²) < 4.78 is 4.92. The van der Waals surface area contributed by atoms with Gasteiger partial charge in [0.25, 0.3) is 0 Å². The lowest BCUT2D eigenvalue weighted by atomic mass is 9.87. The van der Waals surface area contributed by atoms with E-state index in [0.717, 1.165) is 12.8 Å². The van der Waals surface area contributed by atoms with E-state index in [1.165, 1.54) is 0 Å². The first-order chi connectivity index (χ1) is 9.30. The van der Waals surface area contributed by atoms with Crippen LogP contribution in [0.1, 0.15) is 40.0 Å². The molecule has 1 fully saturated rings. The summed E-state index contributed by atoms with van der Waals surface area (Å²) in [5.74, 6) is -1.19. The van der Waals surface area contributed by atoms with Crippen molar-refractivity contribution in [1.82, 2.24) is 4.90 Å². The van der Waals surface area contributed by atoms with Gasteiger partial charge in [0.15, 0.2) is 5.78 Å². The average molecular weight is 284 g/mol. The molecule has 0 aliphatic carbocycles. The normalized spacial score (nSPS) is 20.4. The highest BCUT2D eigenvalue weighted by Crippen LogP contribution is 2.23. The van der Waals surface area contributed by atoms with Crippen molar-refractivity contribution in [3.63, 3.8) is 0 Å². The topological polar surface area (TPSA) is 89.7 Å². The SMILES string of the molecule is CCOC(=O)C(C)(C)C(=O)CN1CCCCC1C(N)=O. The molecular formula is C14H24N2O4. The molecule has 2 N–H and O–H groups in total. The number of amides is 1. The van der Waals surface area contributed by atoms with E-state index in [2.05, 4.69) is 0 Å². The van der Waals surface area contributed by atoms with Crippen molar-refractivity contribution in [3.05, 3.63) is 0 Å². The van der Waals surface area contributed by atoms with Gasteiger partial charge in [-0.3, -0.25) is 19.3 Å². The summed E-state index contributed by atoms with van der Waals surface area (Å²) in [7, 11) is 0. The average Bonchev–Trinajstić information content (AvgIpc) is 2.39. The van der Waals surface area contributed by atoms with Crippen molar-refractivity contribution in [1.29, 1.82) is 0 Å². The molecule has 114 valence electrons. The van der Waals surface area contributed by atoms with Gasteiger partial charge in [-0.25, -0.2) is 0 Å². The number of piperidine rings is 1. The number of rotatable bonds is 6. The van der Waals surface area contributed by atoms with Gasteiger partial charge in [-0.05, 0) is 40.2 Å². The molecule has 1 aliphatic heterocycles. The second-order valence-electron chi connectivity index (χ2n) is 5.65. The predicted molar refractivity (Wildman–Crippen MR) is 73.8 cm³/mol. The van der Waals surface area contributed by atoms with Crippen LogP contribution < -0.4 is 5.73 Å². The zero-order valence-electron chi connectivity index (χ0n) is 12.5. The fourth-order valence-corrected chi connectivity index (χ4v) is 2.31. The zero-order chi connectivity index (χ0) is 15.3. The molecule has 0 radical (unpaired) electrons. The summed E-state index contributed by atoms with van der Waals surface area (Å²) in [6.45, 7) is 5.75. The minimum absolute atomic E-state index is 0.0550. The first-order valence-electron chi connectivity index (χ1n) is 7.04. The van der Waals surface area contributed by atoms with Crippen molar-refractivity contribution in [2.75, 3.05) is 19.7 Å². The molecule has 6 nitrogen and oxygen atoms in total. The molecular weight excluding hydrogens is 260 g/mol. The van der Waals surface area contributed by atoms with Gasteiger partial charge in [-0.1, -0.05) is 6.42 Å². The second-order valence-corrected chi connectivity index (χ2v) is 5.65. The van der Waals surface area contributed by atoms with Crippen LogP contribution in [0, 0.1) is 5.41 Å². The van der Waals surface area contributed by atoms with Gasteiger partial charge in [-0.15, -0.1) is 0 Å². The third kappa shape index (κ3) is 3.79. The molecule has 1 amide bonds. The van der Waals surface area contributed by atoms with Crippen molar-refractivity contribution in [3.8, 4) is 0 Å². The molecule has 1 rings (SSSR count). The maximum Gasteiger partial charge on any atom is 0.319 e. The Morgan fingerprint density at radius 1 is 1.30 bits per heavy atom. The molecule has 1 saturated heterocycles. The largest absolute Gasteiger partial charge is 0.465 e. The highest BCUT2D eigenvalue weighted by atomic mass is 16.5. The van der Waals surface area contributed by atoms with Crippen molar-refractivity contribution in [2.45, 2.75) is 46.1 Å². The van der Waals surface area contributed by atoms with E-state index in [4.69, 9.17) is 10.5 Å². The molecule has 1 unspecified atom stereocenters. The fourth-order valence-electron chi connectivity index (χ4n) is 2.31. The standard InChI is InChI=1S/C14H24N2O4/c1-4-20-13(19)14(2,3)11(17)9-16-8-6-5-7-10(16)12(15)18/h10H,4-9H2,1-3H3,(H2,15,18). The predicted octanol–water partition coefficient (Wildman–Crippen LogP) is 0.485. The summed E-state index contributed by atoms with van der Waals surface area (Å²) in [6.07, 6.45) is 2.53. The monoisotopic (exact) mass is 284 g/mol. The maximum atomic E-state index is 12.3. The number of hydrogen-bond acceptors (Lipinski definition) is 5. The number of nitrogens with zero attached hydrogens (tertiary/aromatic N) is 1. The molecule has 1 heterocycles. The van der Waals surface area contributed by atoms with Crippen LogP contribution in [0.25, 0.3) is 0 Å². The number of nitrogens with two attached hydrogens (primary N) is 1. The van der Waals surface area contributed by atoms with Crippen LogP contribution in [0.3, 0.4) is 0 Å². The summed E-state index contributed by atoms with van der Waals surface area (Å²) >= 11 is 0. The summed E-state index contributed by atoms with van der Waals surface area (Å²) in [6, 6.07) is -0.411. The van der Waals surface area contributed by atoms with Gasteiger partial charge in [-0.2, -0.15) is 0 Å². The van der Waals surface area contributed by atoms with Crippen molar-refractivity contribution in [2.24, 2.45) is 11.1 Å². The van der Waals surface area contributed by atoms with Crippen LogP contribution in [-0.4, -0.2) is 48.3 Å². The molecule has 1 atom stereocenters. The summed E-state index contributed by atoms with van der Waals surface area (Å²) in [5.41, 5.74) is 4.17. The Morgan fingerprint density at radius 3 is 2.50 bits per heavy atom. The third-order valence-electron chi connectivity index (χ3n) is 3.77. The smallest absolute Gasteiger partial charge is 0.319 e. The van der Waals surface area contributed by atoms with Gasteiger partial charge in [0.2, 0.25) is 5.91 Å². The number of primary amides is 1. The number of Topliss-reactive ketones (excluding diaryl/α,β-unsaturated/α-hetero) is 1. The third-order valence-corrected chi connectivity index (χ3v) is 3.77. The van der Waals surface area contributed by atoms with E-state index in [0.29, 0.717) is 13.0 Å². The number of ketones is 1. The number of esters is 1. The van der Waals surface area contributed by atoms with Gasteiger partial charge in [0.1, 0.15) is 5.41 Å². The van der Waals surface area contributed by atoms with Crippen LogP contribution in [0.5, 0.6) is 0 Å². The molecule has 0 saturated carbocycles.